The van der Waals surface area contributed by atoms with Gasteiger partial charge < -0.3 is 4.90 Å². The molecule has 46 heavy (non-hydrogen) atoms. The van der Waals surface area contributed by atoms with Gasteiger partial charge in [-0.15, -0.1) is 0 Å². The van der Waals surface area contributed by atoms with Crippen molar-refractivity contribution in [1.82, 2.24) is 0 Å². The molecule has 1 heteroatoms. The third-order valence-corrected chi connectivity index (χ3v) is 9.51. The number of fused-ring (bicyclic) bond motifs is 6. The standard InChI is InChI=1S/C45H37N/c1-30-27-43-41-16-10-9-15-40(41)42(29-44(43)39-14-8-7-13-38(30)39)32-18-22-35(23-19-32)46(36-25-20-34(21-26-36)45(2,3)4)37-24-17-31-11-5-6-12-33(31)28-37/h5-29H,1-4H3. The zero-order chi connectivity index (χ0) is 31.4. The van der Waals surface area contributed by atoms with Crippen molar-refractivity contribution in [2.75, 3.05) is 4.90 Å². The molecular weight excluding hydrogens is 555 g/mol. The Morgan fingerprint density at radius 2 is 0.935 bits per heavy atom. The predicted octanol–water partition coefficient (Wildman–Crippen LogP) is 13.0. The monoisotopic (exact) mass is 591 g/mol. The van der Waals surface area contributed by atoms with E-state index in [1.54, 1.807) is 0 Å². The first-order chi connectivity index (χ1) is 22.3. The van der Waals surface area contributed by atoms with Gasteiger partial charge in [-0.3, -0.25) is 0 Å². The number of nitrogens with zero attached hydrogens (tertiary/aromatic N) is 1. The first-order valence-electron chi connectivity index (χ1n) is 16.2. The second-order valence-electron chi connectivity index (χ2n) is 13.5. The summed E-state index contributed by atoms with van der Waals surface area (Å²) in [6, 6.07) is 55.9. The Hall–Kier alpha value is -5.40. The van der Waals surface area contributed by atoms with Crippen LogP contribution in [0.25, 0.3) is 54.2 Å². The molecule has 0 saturated heterocycles. The van der Waals surface area contributed by atoms with Crippen molar-refractivity contribution in [2.45, 2.75) is 33.1 Å². The summed E-state index contributed by atoms with van der Waals surface area (Å²) in [5.74, 6) is 0. The van der Waals surface area contributed by atoms with Crippen LogP contribution in [0.2, 0.25) is 0 Å². The van der Waals surface area contributed by atoms with Gasteiger partial charge in [-0.1, -0.05) is 130 Å². The minimum absolute atomic E-state index is 0.0978. The minimum Gasteiger partial charge on any atom is -0.310 e. The van der Waals surface area contributed by atoms with Crippen LogP contribution in [0.15, 0.2) is 152 Å². The van der Waals surface area contributed by atoms with Crippen LogP contribution in [0, 0.1) is 6.92 Å². The van der Waals surface area contributed by atoms with E-state index in [2.05, 4.69) is 184 Å². The molecule has 0 heterocycles. The highest BCUT2D eigenvalue weighted by Gasteiger charge is 2.18. The van der Waals surface area contributed by atoms with E-state index in [4.69, 9.17) is 0 Å². The average molecular weight is 592 g/mol. The maximum absolute atomic E-state index is 2.40. The van der Waals surface area contributed by atoms with Gasteiger partial charge in [0, 0.05) is 17.1 Å². The number of benzene rings is 8. The van der Waals surface area contributed by atoms with E-state index < -0.39 is 0 Å². The largest absolute Gasteiger partial charge is 0.310 e. The van der Waals surface area contributed by atoms with E-state index in [0.717, 1.165) is 17.1 Å². The molecule has 0 fully saturated rings. The van der Waals surface area contributed by atoms with Crippen molar-refractivity contribution in [2.24, 2.45) is 0 Å². The van der Waals surface area contributed by atoms with E-state index in [0.29, 0.717) is 0 Å². The summed E-state index contributed by atoms with van der Waals surface area (Å²) in [5.41, 5.74) is 8.64. The van der Waals surface area contributed by atoms with Gasteiger partial charge in [-0.05, 0) is 120 Å². The van der Waals surface area contributed by atoms with Crippen LogP contribution in [-0.2, 0) is 5.41 Å². The molecule has 8 rings (SSSR count). The second-order valence-corrected chi connectivity index (χ2v) is 13.5. The third kappa shape index (κ3) is 4.80. The highest BCUT2D eigenvalue weighted by Crippen LogP contribution is 2.41. The van der Waals surface area contributed by atoms with Crippen LogP contribution in [-0.4, -0.2) is 0 Å². The maximum atomic E-state index is 2.40. The summed E-state index contributed by atoms with van der Waals surface area (Å²) in [4.78, 5) is 2.37. The molecule has 0 amide bonds. The first kappa shape index (κ1) is 28.1. The average Bonchev–Trinajstić information content (AvgIpc) is 3.08. The summed E-state index contributed by atoms with van der Waals surface area (Å²) in [5, 5.41) is 10.3. The molecule has 0 unspecified atom stereocenters. The van der Waals surface area contributed by atoms with Crippen LogP contribution < -0.4 is 4.90 Å². The third-order valence-electron chi connectivity index (χ3n) is 9.51. The molecule has 8 aromatic carbocycles. The Balaban J connectivity index is 1.29. The van der Waals surface area contributed by atoms with Gasteiger partial charge in [0.15, 0.2) is 0 Å². The molecule has 0 atom stereocenters. The van der Waals surface area contributed by atoms with E-state index >= 15 is 0 Å². The lowest BCUT2D eigenvalue weighted by atomic mass is 9.87. The van der Waals surface area contributed by atoms with Gasteiger partial charge in [0.2, 0.25) is 0 Å². The number of rotatable bonds is 4. The van der Waals surface area contributed by atoms with Gasteiger partial charge >= 0.3 is 0 Å². The predicted molar refractivity (Wildman–Crippen MR) is 200 cm³/mol. The number of anilines is 3. The Labute approximate surface area is 271 Å². The molecule has 0 aliphatic rings. The van der Waals surface area contributed by atoms with Gasteiger partial charge in [0.05, 0.1) is 0 Å². The fourth-order valence-electron chi connectivity index (χ4n) is 7.03. The molecule has 0 bridgehead atoms. The number of aryl methyl sites for hydroxylation is 1. The van der Waals surface area contributed by atoms with Gasteiger partial charge in [-0.2, -0.15) is 0 Å². The van der Waals surface area contributed by atoms with E-state index in [9.17, 15) is 0 Å². The molecule has 0 aliphatic carbocycles. The normalized spacial score (nSPS) is 11.9. The summed E-state index contributed by atoms with van der Waals surface area (Å²) in [6.07, 6.45) is 0. The van der Waals surface area contributed by atoms with Gasteiger partial charge in [0.25, 0.3) is 0 Å². The first-order valence-corrected chi connectivity index (χ1v) is 16.2. The van der Waals surface area contributed by atoms with Crippen molar-refractivity contribution in [3.8, 4) is 11.1 Å². The number of hydrogen-bond acceptors (Lipinski definition) is 1. The van der Waals surface area contributed by atoms with Crippen molar-refractivity contribution in [3.05, 3.63) is 163 Å². The quantitative estimate of drug-likeness (QED) is 0.184. The zero-order valence-corrected chi connectivity index (χ0v) is 26.9. The zero-order valence-electron chi connectivity index (χ0n) is 26.9. The van der Waals surface area contributed by atoms with Crippen molar-refractivity contribution < 1.29 is 0 Å². The van der Waals surface area contributed by atoms with Crippen LogP contribution in [0.3, 0.4) is 0 Å². The Morgan fingerprint density at radius 3 is 1.61 bits per heavy atom. The molecule has 8 aromatic rings. The van der Waals surface area contributed by atoms with Gasteiger partial charge in [-0.25, -0.2) is 0 Å². The molecule has 0 spiro atoms. The van der Waals surface area contributed by atoms with Gasteiger partial charge in [0.1, 0.15) is 0 Å². The fourth-order valence-corrected chi connectivity index (χ4v) is 7.03. The second kappa shape index (κ2) is 10.9. The Morgan fingerprint density at radius 1 is 0.413 bits per heavy atom. The summed E-state index contributed by atoms with van der Waals surface area (Å²) in [7, 11) is 0. The lowest BCUT2D eigenvalue weighted by Gasteiger charge is -2.27. The van der Waals surface area contributed by atoms with E-state index in [1.807, 2.05) is 0 Å². The van der Waals surface area contributed by atoms with E-state index in [-0.39, 0.29) is 5.41 Å². The minimum atomic E-state index is 0.0978. The highest BCUT2D eigenvalue weighted by molar-refractivity contribution is 6.21. The molecule has 0 aliphatic heterocycles. The lowest BCUT2D eigenvalue weighted by Crippen LogP contribution is -2.13. The van der Waals surface area contributed by atoms with Crippen LogP contribution >= 0.6 is 0 Å². The smallest absolute Gasteiger partial charge is 0.0468 e. The summed E-state index contributed by atoms with van der Waals surface area (Å²) >= 11 is 0. The van der Waals surface area contributed by atoms with Crippen molar-refractivity contribution in [1.29, 1.82) is 0 Å². The Kier molecular flexibility index (Phi) is 6.65. The summed E-state index contributed by atoms with van der Waals surface area (Å²) < 4.78 is 0. The molecule has 0 radical (unpaired) electrons. The SMILES string of the molecule is Cc1cc2c3ccccc3c(-c3ccc(N(c4ccc(C(C)(C)C)cc4)c4ccc5ccccc5c4)cc3)cc2c2ccccc12. The Bertz CT molecular complexity index is 2390. The fraction of sp³-hybridized carbons (Fsp3) is 0.111. The number of hydrogen-bond donors (Lipinski definition) is 0. The molecule has 222 valence electrons. The summed E-state index contributed by atoms with van der Waals surface area (Å²) in [6.45, 7) is 9.02. The molecule has 1 nitrogen and oxygen atoms in total. The van der Waals surface area contributed by atoms with Crippen molar-refractivity contribution in [3.63, 3.8) is 0 Å². The topological polar surface area (TPSA) is 3.24 Å². The maximum Gasteiger partial charge on any atom is 0.0468 e. The lowest BCUT2D eigenvalue weighted by molar-refractivity contribution is 0.590. The van der Waals surface area contributed by atoms with Crippen LogP contribution in [0.4, 0.5) is 17.1 Å². The molecule has 0 saturated carbocycles. The van der Waals surface area contributed by atoms with Crippen LogP contribution in [0.1, 0.15) is 31.9 Å². The van der Waals surface area contributed by atoms with E-state index in [1.165, 1.54) is 65.3 Å². The van der Waals surface area contributed by atoms with Crippen LogP contribution in [0.5, 0.6) is 0 Å². The highest BCUT2D eigenvalue weighted by atomic mass is 15.1. The molecule has 0 aromatic heterocycles. The molecule has 0 N–H and O–H groups in total. The molecular formula is C45H37N. The van der Waals surface area contributed by atoms with Crippen molar-refractivity contribution >= 4 is 60.2 Å².